The first-order valence-corrected chi connectivity index (χ1v) is 6.76. The lowest BCUT2D eigenvalue weighted by Crippen LogP contribution is -2.27. The van der Waals surface area contributed by atoms with E-state index >= 15 is 0 Å². The molecule has 2 nitrogen and oxygen atoms in total. The first-order chi connectivity index (χ1) is 7.33. The van der Waals surface area contributed by atoms with Crippen LogP contribution in [0, 0.1) is 5.92 Å². The molecule has 90 valence electrons. The van der Waals surface area contributed by atoms with Gasteiger partial charge in [-0.3, -0.25) is 0 Å². The zero-order chi connectivity index (χ0) is 10.9. The molecule has 0 heterocycles. The lowest BCUT2D eigenvalue weighted by atomic mass is 10.1. The number of nitrogens with two attached hydrogens (primary N) is 1. The highest BCUT2D eigenvalue weighted by Crippen LogP contribution is 2.24. The molecule has 0 bridgehead atoms. The van der Waals surface area contributed by atoms with Crippen molar-refractivity contribution in [1.29, 1.82) is 0 Å². The molecule has 2 unspecified atom stereocenters. The van der Waals surface area contributed by atoms with Gasteiger partial charge >= 0.3 is 0 Å². The van der Waals surface area contributed by atoms with Crippen LogP contribution in [0.5, 0.6) is 0 Å². The number of hydrogen-bond acceptors (Lipinski definition) is 2. The Balaban J connectivity index is 1.81. The van der Waals surface area contributed by atoms with E-state index < -0.39 is 0 Å². The lowest BCUT2D eigenvalue weighted by molar-refractivity contribution is 0.484. The predicted octanol–water partition coefficient (Wildman–Crippen LogP) is 2.67. The van der Waals surface area contributed by atoms with Gasteiger partial charge in [-0.25, -0.2) is 0 Å². The standard InChI is InChI=1S/C13H28N2/c1-12-7-8-13(11-12)15-10-6-4-2-3-5-9-14/h12-13,15H,2-11,14H2,1H3. The molecule has 2 atom stereocenters. The van der Waals surface area contributed by atoms with Crippen LogP contribution in [0.4, 0.5) is 0 Å². The van der Waals surface area contributed by atoms with E-state index in [-0.39, 0.29) is 0 Å². The van der Waals surface area contributed by atoms with Gasteiger partial charge in [0, 0.05) is 6.04 Å². The van der Waals surface area contributed by atoms with Gasteiger partial charge in [0.2, 0.25) is 0 Å². The molecule has 3 N–H and O–H groups in total. The average molecular weight is 212 g/mol. The van der Waals surface area contributed by atoms with E-state index in [9.17, 15) is 0 Å². The summed E-state index contributed by atoms with van der Waals surface area (Å²) in [6.45, 7) is 4.45. The van der Waals surface area contributed by atoms with Crippen LogP contribution >= 0.6 is 0 Å². The average Bonchev–Trinajstić information content (AvgIpc) is 2.63. The van der Waals surface area contributed by atoms with Crippen LogP contribution in [0.1, 0.15) is 58.3 Å². The summed E-state index contributed by atoms with van der Waals surface area (Å²) in [4.78, 5) is 0. The van der Waals surface area contributed by atoms with Crippen molar-refractivity contribution in [3.63, 3.8) is 0 Å². The zero-order valence-corrected chi connectivity index (χ0v) is 10.3. The smallest absolute Gasteiger partial charge is 0.00696 e. The van der Waals surface area contributed by atoms with Crippen LogP contribution in [-0.2, 0) is 0 Å². The summed E-state index contributed by atoms with van der Waals surface area (Å²) in [6, 6.07) is 0.823. The second-order valence-electron chi connectivity index (χ2n) is 5.13. The third-order valence-corrected chi connectivity index (χ3v) is 3.51. The van der Waals surface area contributed by atoms with Crippen molar-refractivity contribution in [2.45, 2.75) is 64.3 Å². The van der Waals surface area contributed by atoms with Crippen LogP contribution in [0.25, 0.3) is 0 Å². The molecule has 1 aliphatic carbocycles. The number of nitrogens with one attached hydrogen (secondary N) is 1. The van der Waals surface area contributed by atoms with Gasteiger partial charge in [0.1, 0.15) is 0 Å². The fourth-order valence-corrected chi connectivity index (χ4v) is 2.50. The van der Waals surface area contributed by atoms with Gasteiger partial charge in [0.25, 0.3) is 0 Å². The quantitative estimate of drug-likeness (QED) is 0.607. The Morgan fingerprint density at radius 3 is 2.47 bits per heavy atom. The molecule has 0 radical (unpaired) electrons. The Morgan fingerprint density at radius 2 is 1.80 bits per heavy atom. The maximum Gasteiger partial charge on any atom is 0.00696 e. The molecule has 0 aromatic carbocycles. The van der Waals surface area contributed by atoms with E-state index in [0.717, 1.165) is 18.5 Å². The minimum absolute atomic E-state index is 0.823. The van der Waals surface area contributed by atoms with Gasteiger partial charge in [-0.1, -0.05) is 26.2 Å². The van der Waals surface area contributed by atoms with E-state index in [1.54, 1.807) is 0 Å². The van der Waals surface area contributed by atoms with Crippen LogP contribution in [0.2, 0.25) is 0 Å². The fraction of sp³-hybridized carbons (Fsp3) is 1.00. The minimum Gasteiger partial charge on any atom is -0.330 e. The molecular formula is C13H28N2. The van der Waals surface area contributed by atoms with E-state index in [4.69, 9.17) is 5.73 Å². The first-order valence-electron chi connectivity index (χ1n) is 6.76. The Morgan fingerprint density at radius 1 is 1.07 bits per heavy atom. The number of unbranched alkanes of at least 4 members (excludes halogenated alkanes) is 4. The number of rotatable bonds is 8. The number of hydrogen-bond donors (Lipinski definition) is 2. The summed E-state index contributed by atoms with van der Waals surface area (Å²) >= 11 is 0. The molecule has 1 saturated carbocycles. The van der Waals surface area contributed by atoms with Crippen LogP contribution in [0.3, 0.4) is 0 Å². The highest BCUT2D eigenvalue weighted by Gasteiger charge is 2.19. The normalized spacial score (nSPS) is 26.0. The monoisotopic (exact) mass is 212 g/mol. The highest BCUT2D eigenvalue weighted by atomic mass is 14.9. The van der Waals surface area contributed by atoms with E-state index in [1.165, 1.54) is 57.9 Å². The summed E-state index contributed by atoms with van der Waals surface area (Å²) in [5.74, 6) is 0.951. The van der Waals surface area contributed by atoms with Gasteiger partial charge in [0.05, 0.1) is 0 Å². The topological polar surface area (TPSA) is 38.0 Å². The molecule has 15 heavy (non-hydrogen) atoms. The van der Waals surface area contributed by atoms with Gasteiger partial charge in [-0.05, 0) is 51.1 Å². The van der Waals surface area contributed by atoms with Crippen LogP contribution in [-0.4, -0.2) is 19.1 Å². The Bertz CT molecular complexity index is 147. The fourth-order valence-electron chi connectivity index (χ4n) is 2.50. The second-order valence-corrected chi connectivity index (χ2v) is 5.13. The molecular weight excluding hydrogens is 184 g/mol. The van der Waals surface area contributed by atoms with Crippen molar-refractivity contribution in [3.8, 4) is 0 Å². The SMILES string of the molecule is CC1CCC(NCCCCCCCN)C1. The third kappa shape index (κ3) is 6.16. The molecule has 0 saturated heterocycles. The molecule has 0 aromatic rings. The van der Waals surface area contributed by atoms with E-state index in [0.29, 0.717) is 0 Å². The van der Waals surface area contributed by atoms with Crippen molar-refractivity contribution in [1.82, 2.24) is 5.32 Å². The predicted molar refractivity (Wildman–Crippen MR) is 66.9 cm³/mol. The van der Waals surface area contributed by atoms with E-state index in [1.807, 2.05) is 0 Å². The third-order valence-electron chi connectivity index (χ3n) is 3.51. The Kier molecular flexibility index (Phi) is 7.03. The second kappa shape index (κ2) is 8.12. The summed E-state index contributed by atoms with van der Waals surface area (Å²) in [5.41, 5.74) is 5.45. The van der Waals surface area contributed by atoms with Crippen LogP contribution in [0.15, 0.2) is 0 Å². The summed E-state index contributed by atoms with van der Waals surface area (Å²) in [6.07, 6.45) is 10.8. The maximum atomic E-state index is 5.45. The lowest BCUT2D eigenvalue weighted by Gasteiger charge is -2.11. The van der Waals surface area contributed by atoms with Crippen molar-refractivity contribution in [2.75, 3.05) is 13.1 Å². The first kappa shape index (κ1) is 13.0. The molecule has 1 fully saturated rings. The van der Waals surface area contributed by atoms with Crippen LogP contribution < -0.4 is 11.1 Å². The van der Waals surface area contributed by atoms with Crippen molar-refractivity contribution >= 4 is 0 Å². The Labute approximate surface area is 95.0 Å². The Hall–Kier alpha value is -0.0800. The maximum absolute atomic E-state index is 5.45. The molecule has 0 spiro atoms. The van der Waals surface area contributed by atoms with Crippen molar-refractivity contribution in [3.05, 3.63) is 0 Å². The molecule has 2 heteroatoms. The highest BCUT2D eigenvalue weighted by molar-refractivity contribution is 4.77. The van der Waals surface area contributed by atoms with Gasteiger partial charge in [-0.2, -0.15) is 0 Å². The molecule has 1 aliphatic rings. The zero-order valence-electron chi connectivity index (χ0n) is 10.3. The largest absolute Gasteiger partial charge is 0.330 e. The summed E-state index contributed by atoms with van der Waals surface area (Å²) < 4.78 is 0. The van der Waals surface area contributed by atoms with E-state index in [2.05, 4.69) is 12.2 Å². The van der Waals surface area contributed by atoms with Gasteiger partial charge in [-0.15, -0.1) is 0 Å². The summed E-state index contributed by atoms with van der Waals surface area (Å²) in [7, 11) is 0. The van der Waals surface area contributed by atoms with Crippen molar-refractivity contribution < 1.29 is 0 Å². The molecule has 0 aromatic heterocycles. The van der Waals surface area contributed by atoms with Gasteiger partial charge in [0.15, 0.2) is 0 Å². The van der Waals surface area contributed by atoms with Gasteiger partial charge < -0.3 is 11.1 Å². The molecule has 1 rings (SSSR count). The summed E-state index contributed by atoms with van der Waals surface area (Å²) in [5, 5.41) is 3.68. The molecule has 0 amide bonds. The van der Waals surface area contributed by atoms with Crippen molar-refractivity contribution in [2.24, 2.45) is 11.7 Å². The minimum atomic E-state index is 0.823. The molecule has 0 aliphatic heterocycles.